The van der Waals surface area contributed by atoms with E-state index < -0.39 is 30.7 Å². The molecule has 0 amide bonds. The summed E-state index contributed by atoms with van der Waals surface area (Å²) in [6, 6.07) is 29.9. The molecule has 3 aromatic rings. The standard InChI is InChI=1S/C36H40O7/c1-38-36-34(43-35(37)30-20-28-17-18-29(30)19-28)33(41-23-27-15-9-4-10-16-27)32(40-22-26-13-7-3-8-14-26)31(42-36)24-39-21-25-11-5-2-6-12-25/h2-18,28-34,36H,19-24H2,1H3/t28-,29+,30-,31-,32-,33+,34+,36+/m1/s1. The Morgan fingerprint density at radius 1 is 0.721 bits per heavy atom. The molecule has 8 atom stereocenters. The smallest absolute Gasteiger partial charge is 0.310 e. The van der Waals surface area contributed by atoms with Crippen molar-refractivity contribution in [3.63, 3.8) is 0 Å². The summed E-state index contributed by atoms with van der Waals surface area (Å²) < 4.78 is 37.9. The second-order valence-electron chi connectivity index (χ2n) is 11.6. The highest BCUT2D eigenvalue weighted by atomic mass is 16.7. The molecule has 0 aromatic heterocycles. The van der Waals surface area contributed by atoms with Crippen LogP contribution in [0.1, 0.15) is 29.5 Å². The van der Waals surface area contributed by atoms with E-state index in [9.17, 15) is 4.79 Å². The fraction of sp³-hybridized carbons (Fsp3) is 0.417. The zero-order valence-electron chi connectivity index (χ0n) is 24.5. The molecular formula is C36H40O7. The number of allylic oxidation sites excluding steroid dienone is 2. The van der Waals surface area contributed by atoms with Crippen LogP contribution in [0.2, 0.25) is 0 Å². The Kier molecular flexibility index (Phi) is 9.98. The van der Waals surface area contributed by atoms with Gasteiger partial charge in [0, 0.05) is 7.11 Å². The molecule has 6 rings (SSSR count). The maximum absolute atomic E-state index is 13.6. The van der Waals surface area contributed by atoms with Crippen molar-refractivity contribution >= 4 is 5.97 Å². The van der Waals surface area contributed by atoms with Gasteiger partial charge in [0.1, 0.15) is 18.3 Å². The van der Waals surface area contributed by atoms with Crippen molar-refractivity contribution in [2.75, 3.05) is 13.7 Å². The minimum absolute atomic E-state index is 0.169. The van der Waals surface area contributed by atoms with Crippen molar-refractivity contribution in [1.82, 2.24) is 0 Å². The summed E-state index contributed by atoms with van der Waals surface area (Å²) in [6.07, 6.45) is 2.73. The first-order valence-electron chi connectivity index (χ1n) is 15.2. The molecule has 7 nitrogen and oxygen atoms in total. The Morgan fingerprint density at radius 2 is 1.30 bits per heavy atom. The summed E-state index contributed by atoms with van der Waals surface area (Å²) in [5, 5.41) is 0. The molecule has 2 fully saturated rings. The van der Waals surface area contributed by atoms with Crippen LogP contribution in [0, 0.1) is 17.8 Å². The zero-order valence-corrected chi connectivity index (χ0v) is 24.5. The van der Waals surface area contributed by atoms with E-state index in [2.05, 4.69) is 12.2 Å². The lowest BCUT2D eigenvalue weighted by Gasteiger charge is -2.45. The molecule has 43 heavy (non-hydrogen) atoms. The average Bonchev–Trinajstić information content (AvgIpc) is 3.70. The van der Waals surface area contributed by atoms with Crippen LogP contribution in [0.5, 0.6) is 0 Å². The van der Waals surface area contributed by atoms with Crippen molar-refractivity contribution in [3.05, 3.63) is 120 Å². The minimum atomic E-state index is -0.847. The first-order valence-corrected chi connectivity index (χ1v) is 15.2. The van der Waals surface area contributed by atoms with Crippen molar-refractivity contribution < 1.29 is 33.2 Å². The highest BCUT2D eigenvalue weighted by molar-refractivity contribution is 5.74. The molecule has 0 spiro atoms. The normalized spacial score (nSPS) is 29.5. The molecule has 0 unspecified atom stereocenters. The van der Waals surface area contributed by atoms with Crippen molar-refractivity contribution in [2.45, 2.75) is 63.4 Å². The van der Waals surface area contributed by atoms with E-state index in [0.717, 1.165) is 29.5 Å². The van der Waals surface area contributed by atoms with Gasteiger partial charge in [-0.25, -0.2) is 0 Å². The van der Waals surface area contributed by atoms with Crippen LogP contribution in [0.25, 0.3) is 0 Å². The summed E-state index contributed by atoms with van der Waals surface area (Å²) in [6.45, 7) is 1.33. The molecule has 0 N–H and O–H groups in total. The van der Waals surface area contributed by atoms with E-state index >= 15 is 0 Å². The first kappa shape index (κ1) is 29.7. The summed E-state index contributed by atoms with van der Waals surface area (Å²) in [5.74, 6) is 0.261. The number of esters is 1. The lowest BCUT2D eigenvalue weighted by molar-refractivity contribution is -0.316. The van der Waals surface area contributed by atoms with E-state index in [0.29, 0.717) is 25.7 Å². The SMILES string of the molecule is CO[C@H]1O[C@H](COCc2ccccc2)[C@@H](OCc2ccccc2)[C@H](OCc2ccccc2)[C@@H]1OC(=O)[C@@H]1C[C@@H]2C=C[C@H]1C2. The van der Waals surface area contributed by atoms with E-state index in [-0.39, 0.29) is 24.4 Å². The summed E-state index contributed by atoms with van der Waals surface area (Å²) >= 11 is 0. The van der Waals surface area contributed by atoms with Crippen LogP contribution in [-0.4, -0.2) is 50.4 Å². The van der Waals surface area contributed by atoms with Crippen LogP contribution in [0.15, 0.2) is 103 Å². The van der Waals surface area contributed by atoms with Gasteiger partial charge in [0.2, 0.25) is 0 Å². The first-order chi connectivity index (χ1) is 21.2. The number of methoxy groups -OCH3 is 1. The van der Waals surface area contributed by atoms with E-state index in [1.54, 1.807) is 7.11 Å². The van der Waals surface area contributed by atoms with Crippen LogP contribution in [0.4, 0.5) is 0 Å². The van der Waals surface area contributed by atoms with Crippen LogP contribution >= 0.6 is 0 Å². The van der Waals surface area contributed by atoms with Gasteiger partial charge in [-0.15, -0.1) is 0 Å². The van der Waals surface area contributed by atoms with E-state index in [1.807, 2.05) is 91.0 Å². The van der Waals surface area contributed by atoms with Gasteiger partial charge in [-0.3, -0.25) is 4.79 Å². The quantitative estimate of drug-likeness (QED) is 0.184. The number of hydrogen-bond donors (Lipinski definition) is 0. The predicted molar refractivity (Wildman–Crippen MR) is 161 cm³/mol. The fourth-order valence-electron chi connectivity index (χ4n) is 6.39. The lowest BCUT2D eigenvalue weighted by Crippen LogP contribution is -2.62. The average molecular weight is 585 g/mol. The zero-order chi connectivity index (χ0) is 29.4. The van der Waals surface area contributed by atoms with Gasteiger partial charge in [-0.1, -0.05) is 103 Å². The third-order valence-electron chi connectivity index (χ3n) is 8.62. The van der Waals surface area contributed by atoms with E-state index in [1.165, 1.54) is 0 Å². The minimum Gasteiger partial charge on any atom is -0.454 e. The maximum Gasteiger partial charge on any atom is 0.310 e. The molecule has 7 heteroatoms. The number of ether oxygens (including phenoxy) is 6. The monoisotopic (exact) mass is 584 g/mol. The highest BCUT2D eigenvalue weighted by Crippen LogP contribution is 2.44. The fourth-order valence-corrected chi connectivity index (χ4v) is 6.39. The largest absolute Gasteiger partial charge is 0.454 e. The van der Waals surface area contributed by atoms with Gasteiger partial charge in [0.05, 0.1) is 32.3 Å². The van der Waals surface area contributed by atoms with Gasteiger partial charge in [0.25, 0.3) is 0 Å². The topological polar surface area (TPSA) is 72.5 Å². The molecule has 1 heterocycles. The van der Waals surface area contributed by atoms with Crippen molar-refractivity contribution in [2.24, 2.45) is 17.8 Å². The molecule has 1 saturated carbocycles. The molecule has 2 aliphatic carbocycles. The summed E-state index contributed by atoms with van der Waals surface area (Å²) in [7, 11) is 1.56. The number of carbonyl (C=O) groups excluding carboxylic acids is 1. The van der Waals surface area contributed by atoms with Crippen LogP contribution in [0.3, 0.4) is 0 Å². The molecule has 226 valence electrons. The molecule has 1 saturated heterocycles. The second-order valence-corrected chi connectivity index (χ2v) is 11.6. The molecule has 0 radical (unpaired) electrons. The molecule has 3 aliphatic rings. The Hall–Kier alpha value is -3.33. The highest BCUT2D eigenvalue weighted by Gasteiger charge is 2.51. The predicted octanol–water partition coefficient (Wildman–Crippen LogP) is 5.87. The van der Waals surface area contributed by atoms with Crippen molar-refractivity contribution in [3.8, 4) is 0 Å². The molecule has 3 aromatic carbocycles. The molecule has 2 bridgehead atoms. The van der Waals surface area contributed by atoms with Crippen LogP contribution in [-0.2, 0) is 53.0 Å². The van der Waals surface area contributed by atoms with E-state index in [4.69, 9.17) is 28.4 Å². The number of carbonyl (C=O) groups is 1. The Labute approximate surface area is 253 Å². The van der Waals surface area contributed by atoms with Crippen LogP contribution < -0.4 is 0 Å². The summed E-state index contributed by atoms with van der Waals surface area (Å²) in [4.78, 5) is 13.6. The third-order valence-corrected chi connectivity index (χ3v) is 8.62. The van der Waals surface area contributed by atoms with Gasteiger partial charge in [-0.2, -0.15) is 0 Å². The van der Waals surface area contributed by atoms with Crippen molar-refractivity contribution in [1.29, 1.82) is 0 Å². The third kappa shape index (κ3) is 7.43. The number of hydrogen-bond acceptors (Lipinski definition) is 7. The molecule has 1 aliphatic heterocycles. The van der Waals surface area contributed by atoms with Gasteiger partial charge in [-0.05, 0) is 41.4 Å². The Balaban J connectivity index is 1.25. The molecular weight excluding hydrogens is 544 g/mol. The van der Waals surface area contributed by atoms with Gasteiger partial charge in [0.15, 0.2) is 12.4 Å². The Bertz CT molecular complexity index is 1320. The Morgan fingerprint density at radius 3 is 1.84 bits per heavy atom. The number of benzene rings is 3. The second kappa shape index (κ2) is 14.4. The van der Waals surface area contributed by atoms with Gasteiger partial charge < -0.3 is 28.4 Å². The maximum atomic E-state index is 13.6. The number of fused-ring (bicyclic) bond motifs is 2. The number of rotatable bonds is 13. The summed E-state index contributed by atoms with van der Waals surface area (Å²) in [5.41, 5.74) is 3.08. The van der Waals surface area contributed by atoms with Gasteiger partial charge >= 0.3 is 5.97 Å². The lowest BCUT2D eigenvalue weighted by atomic mass is 9.93.